The highest BCUT2D eigenvalue weighted by Gasteiger charge is 2.33. The van der Waals surface area contributed by atoms with Gasteiger partial charge in [0.25, 0.3) is 0 Å². The van der Waals surface area contributed by atoms with Crippen LogP contribution in [0.5, 0.6) is 0 Å². The van der Waals surface area contributed by atoms with E-state index in [9.17, 15) is 43.5 Å². The molecule has 19 heteroatoms. The predicted molar refractivity (Wildman–Crippen MR) is 312 cm³/mol. The van der Waals surface area contributed by atoms with Gasteiger partial charge in [-0.1, -0.05) is 146 Å². The first kappa shape index (κ1) is 63.1. The molecule has 436 valence electrons. The van der Waals surface area contributed by atoms with Crippen molar-refractivity contribution in [3.05, 3.63) is 179 Å². The summed E-state index contributed by atoms with van der Waals surface area (Å²) in [4.78, 5) is 93.3. The Labute approximate surface area is 482 Å². The molecular weight excluding hydrogens is 1060 g/mol. The molecule has 3 atom stereocenters. The van der Waals surface area contributed by atoms with Gasteiger partial charge in [0.15, 0.2) is 5.78 Å². The van der Waals surface area contributed by atoms with Crippen molar-refractivity contribution < 1.29 is 67.5 Å². The monoisotopic (exact) mass is 1130 g/mol. The highest BCUT2D eigenvalue weighted by atomic mass is 16.6. The second kappa shape index (κ2) is 31.2. The Hall–Kier alpha value is -9.04. The fraction of sp³-hybridized carbons (Fsp3) is 0.312. The van der Waals surface area contributed by atoms with Gasteiger partial charge in [-0.15, -0.1) is 0 Å². The predicted octanol–water partition coefficient (Wildman–Crippen LogP) is 8.73. The quantitative estimate of drug-likeness (QED) is 0.0313. The molecule has 3 amide bonds. The molecule has 0 spiro atoms. The van der Waals surface area contributed by atoms with Crippen LogP contribution < -0.4 is 27.4 Å². The van der Waals surface area contributed by atoms with Crippen molar-refractivity contribution >= 4 is 47.6 Å². The molecular formula is C64H71N5O14. The zero-order valence-electron chi connectivity index (χ0n) is 46.8. The van der Waals surface area contributed by atoms with Gasteiger partial charge in [-0.3, -0.25) is 4.79 Å². The van der Waals surface area contributed by atoms with Gasteiger partial charge in [-0.05, 0) is 107 Å². The van der Waals surface area contributed by atoms with Crippen LogP contribution in [0.15, 0.2) is 146 Å². The summed E-state index contributed by atoms with van der Waals surface area (Å²) in [6.45, 7) is 5.13. The van der Waals surface area contributed by atoms with E-state index in [-0.39, 0.29) is 93.8 Å². The molecule has 0 saturated heterocycles. The van der Waals surface area contributed by atoms with Crippen LogP contribution in [0.25, 0.3) is 33.4 Å². The van der Waals surface area contributed by atoms with E-state index >= 15 is 0 Å². The van der Waals surface area contributed by atoms with Crippen molar-refractivity contribution in [3.63, 3.8) is 0 Å². The van der Waals surface area contributed by atoms with Gasteiger partial charge in [0, 0.05) is 43.7 Å². The minimum atomic E-state index is -1.19. The number of ketones is 3. The van der Waals surface area contributed by atoms with E-state index in [1.54, 1.807) is 6.92 Å². The maximum absolute atomic E-state index is 12.4. The van der Waals surface area contributed by atoms with Crippen molar-refractivity contribution in [3.8, 4) is 33.4 Å². The lowest BCUT2D eigenvalue weighted by molar-refractivity contribution is -0.140. The van der Waals surface area contributed by atoms with E-state index in [1.807, 2.05) is 133 Å². The number of carbonyl (C=O) groups excluding carboxylic acids is 6. The lowest BCUT2D eigenvalue weighted by Crippen LogP contribution is -2.46. The summed E-state index contributed by atoms with van der Waals surface area (Å²) in [5, 5.41) is 25.3. The maximum atomic E-state index is 12.4. The zero-order chi connectivity index (χ0) is 60.0. The molecule has 0 bridgehead atoms. The number of aliphatic carboxylic acids is 2. The van der Waals surface area contributed by atoms with E-state index < -0.39 is 48.3 Å². The van der Waals surface area contributed by atoms with Gasteiger partial charge < -0.3 is 66.2 Å². The van der Waals surface area contributed by atoms with Crippen LogP contribution in [-0.2, 0) is 42.9 Å². The Bertz CT molecular complexity index is 3120. The summed E-state index contributed by atoms with van der Waals surface area (Å²) >= 11 is 0. The van der Waals surface area contributed by atoms with E-state index in [4.69, 9.17) is 29.8 Å². The summed E-state index contributed by atoms with van der Waals surface area (Å²) in [6.07, 6.45) is -1.70. The van der Waals surface area contributed by atoms with Crippen LogP contribution in [0.2, 0.25) is 0 Å². The molecule has 9 N–H and O–H groups in total. The molecule has 0 heterocycles. The van der Waals surface area contributed by atoms with E-state index in [1.165, 1.54) is 20.9 Å². The van der Waals surface area contributed by atoms with Crippen LogP contribution in [0.4, 0.5) is 14.4 Å². The van der Waals surface area contributed by atoms with Crippen LogP contribution >= 0.6 is 0 Å². The van der Waals surface area contributed by atoms with Crippen molar-refractivity contribution in [2.45, 2.75) is 82.3 Å². The van der Waals surface area contributed by atoms with Crippen LogP contribution in [0.1, 0.15) is 97.6 Å². The standard InChI is InChI=1S/C24H27NO5.C21H21NO5.C18H18N2O4.CH5N/c1-3-29-15-23(27)22(13-12-16(2)26)25-24(28)30-14-21-19-10-6-4-8-17(19)18-9-5-7-11-20(18)21;1-13(23)10-11-19(20(24)25)22-21(26)27-12-18-16-8-4-2-6-14(16)15-7-3-5-9-17(15)18;19-9-16(17(21)22)20-18(23)24-10-15-13-7-3-1-5-11(13)12-6-2-4-8-14(12)15;1-2/h4-11,21-22H,3,12-15H2,1-2H3,(H,25,28);2-9,18-19H,10-12H2,1H3,(H,22,26)(H,24,25);1-8,15-16H,9-10,19H2,(H,20,23)(H,21,22);2H2,1H3/t;19-;16-;/m.00./s1. The first-order valence-electron chi connectivity index (χ1n) is 27.3. The molecule has 9 rings (SSSR count). The summed E-state index contributed by atoms with van der Waals surface area (Å²) in [5.74, 6) is -3.04. The van der Waals surface area contributed by atoms with Crippen molar-refractivity contribution in [2.24, 2.45) is 11.5 Å². The normalized spacial score (nSPS) is 13.2. The maximum Gasteiger partial charge on any atom is 0.407 e. The molecule has 1 unspecified atom stereocenters. The zero-order valence-corrected chi connectivity index (χ0v) is 46.8. The van der Waals surface area contributed by atoms with Crippen LogP contribution in [0.3, 0.4) is 0 Å². The van der Waals surface area contributed by atoms with E-state index in [2.05, 4.69) is 33.8 Å². The number of nitrogens with two attached hydrogens (primary N) is 2. The number of alkyl carbamates (subject to hydrolysis) is 3. The van der Waals surface area contributed by atoms with Crippen molar-refractivity contribution in [2.75, 3.05) is 46.6 Å². The molecule has 0 saturated carbocycles. The third-order valence-corrected chi connectivity index (χ3v) is 14.1. The number of ether oxygens (including phenoxy) is 4. The second-order valence-corrected chi connectivity index (χ2v) is 19.6. The van der Waals surface area contributed by atoms with Gasteiger partial charge in [-0.2, -0.15) is 0 Å². The molecule has 0 aromatic heterocycles. The Balaban J connectivity index is 0.000000198. The first-order valence-corrected chi connectivity index (χ1v) is 27.3. The number of rotatable bonds is 22. The summed E-state index contributed by atoms with van der Waals surface area (Å²) in [6, 6.07) is 44.9. The summed E-state index contributed by atoms with van der Waals surface area (Å²) in [5.41, 5.74) is 23.2. The van der Waals surface area contributed by atoms with E-state index in [0.717, 1.165) is 66.8 Å². The van der Waals surface area contributed by atoms with Crippen LogP contribution in [0, 0.1) is 0 Å². The molecule has 6 aromatic rings. The number of Topliss-reactive ketones (excluding diaryl/α,β-unsaturated/α-hetero) is 3. The molecule has 19 nitrogen and oxygen atoms in total. The number of hydrogen-bond acceptors (Lipinski definition) is 14. The molecule has 83 heavy (non-hydrogen) atoms. The highest BCUT2D eigenvalue weighted by Crippen LogP contribution is 2.47. The molecule has 0 fully saturated rings. The van der Waals surface area contributed by atoms with Gasteiger partial charge in [0.2, 0.25) is 0 Å². The number of fused-ring (bicyclic) bond motifs is 9. The second-order valence-electron chi connectivity index (χ2n) is 19.6. The van der Waals surface area contributed by atoms with Crippen molar-refractivity contribution in [1.29, 1.82) is 0 Å². The van der Waals surface area contributed by atoms with Crippen molar-refractivity contribution in [1.82, 2.24) is 16.0 Å². The third kappa shape index (κ3) is 16.8. The van der Waals surface area contributed by atoms with Gasteiger partial charge in [0.1, 0.15) is 50.1 Å². The molecule has 0 aliphatic heterocycles. The minimum absolute atomic E-state index is 0.0366. The number of carboxylic acids is 2. The molecule has 3 aliphatic carbocycles. The Morgan fingerprint density at radius 1 is 0.446 bits per heavy atom. The fourth-order valence-corrected chi connectivity index (χ4v) is 10.1. The average Bonchev–Trinajstić information content (AvgIpc) is 4.07. The lowest BCUT2D eigenvalue weighted by atomic mass is 9.98. The fourth-order valence-electron chi connectivity index (χ4n) is 10.1. The largest absolute Gasteiger partial charge is 0.480 e. The molecule has 0 radical (unpaired) electrons. The Kier molecular flexibility index (Phi) is 23.8. The smallest absolute Gasteiger partial charge is 0.407 e. The van der Waals surface area contributed by atoms with Gasteiger partial charge in [-0.25, -0.2) is 24.0 Å². The minimum Gasteiger partial charge on any atom is -0.480 e. The number of amides is 3. The number of hydrogen-bond donors (Lipinski definition) is 7. The van der Waals surface area contributed by atoms with E-state index in [0.29, 0.717) is 6.61 Å². The number of benzene rings is 6. The Morgan fingerprint density at radius 3 is 0.976 bits per heavy atom. The highest BCUT2D eigenvalue weighted by molar-refractivity contribution is 5.89. The Morgan fingerprint density at radius 2 is 0.711 bits per heavy atom. The van der Waals surface area contributed by atoms with Gasteiger partial charge >= 0.3 is 30.2 Å². The SMILES string of the molecule is CC(=O)CC[C@H](NC(=O)OCC1c2ccccc2-c2ccccc21)C(=O)O.CCOCC(=O)C(CCC(C)=O)NC(=O)OCC1c2ccccc2-c2ccccc21.CN.NC[C@H](NC(=O)OCC1c2ccccc2-c2ccccc21)C(=O)O. The van der Waals surface area contributed by atoms with Gasteiger partial charge in [0.05, 0.1) is 6.04 Å². The summed E-state index contributed by atoms with van der Waals surface area (Å²) < 4.78 is 21.2. The average molecular weight is 1130 g/mol. The number of carboxylic acid groups (broad SMARTS) is 2. The number of carbonyl (C=O) groups is 8. The third-order valence-electron chi connectivity index (χ3n) is 14.1. The topological polar surface area (TPSA) is 302 Å². The molecule has 6 aromatic carbocycles. The lowest BCUT2D eigenvalue weighted by Gasteiger charge is -2.19. The molecule has 3 aliphatic rings. The van der Waals surface area contributed by atoms with Crippen LogP contribution in [-0.4, -0.2) is 123 Å². The first-order chi connectivity index (χ1) is 40.1. The summed E-state index contributed by atoms with van der Waals surface area (Å²) in [7, 11) is 1.50. The number of nitrogens with one attached hydrogen (secondary N) is 3.